The Morgan fingerprint density at radius 2 is 2.00 bits per heavy atom. The lowest BCUT2D eigenvalue weighted by Crippen LogP contribution is -2.14. The molecule has 1 nitrogen and oxygen atoms in total. The summed E-state index contributed by atoms with van der Waals surface area (Å²) in [6.07, 6.45) is 9.31. The molecule has 1 unspecified atom stereocenters. The van der Waals surface area contributed by atoms with Crippen molar-refractivity contribution in [3.63, 3.8) is 0 Å². The van der Waals surface area contributed by atoms with Crippen molar-refractivity contribution in [1.82, 2.24) is 0 Å². The lowest BCUT2D eigenvalue weighted by atomic mass is 9.85. The van der Waals surface area contributed by atoms with Crippen LogP contribution in [0.3, 0.4) is 0 Å². The molecule has 1 saturated carbocycles. The summed E-state index contributed by atoms with van der Waals surface area (Å²) in [5, 5.41) is 10.9. The van der Waals surface area contributed by atoms with Crippen molar-refractivity contribution in [3.05, 3.63) is 33.3 Å². The molecule has 3 heteroatoms. The Morgan fingerprint density at radius 3 is 2.68 bits per heavy atom. The summed E-state index contributed by atoms with van der Waals surface area (Å²) in [4.78, 5) is 0. The molecule has 0 aromatic heterocycles. The fraction of sp³-hybridized carbons (Fsp3) is 0.625. The summed E-state index contributed by atoms with van der Waals surface area (Å²) in [6, 6.07) is 5.87. The zero-order valence-electron chi connectivity index (χ0n) is 11.2. The van der Waals surface area contributed by atoms with Crippen LogP contribution >= 0.6 is 27.5 Å². The minimum absolute atomic E-state index is 0.263. The Bertz CT molecular complexity index is 402. The molecule has 0 amide bonds. The molecule has 106 valence electrons. The maximum Gasteiger partial charge on any atom is 0.0581 e. The van der Waals surface area contributed by atoms with Crippen LogP contribution in [-0.4, -0.2) is 11.2 Å². The van der Waals surface area contributed by atoms with Crippen LogP contribution in [-0.2, 0) is 6.42 Å². The standard InChI is InChI=1S/C16H22BrClO/c17-14-8-7-13(16(18)11-14)10-15(19)9-6-12-4-2-1-3-5-12/h7-8,11-12,15,19H,1-6,9-10H2. The number of halogens is 2. The van der Waals surface area contributed by atoms with Gasteiger partial charge in [0.15, 0.2) is 0 Å². The Labute approximate surface area is 129 Å². The molecule has 1 aliphatic rings. The van der Waals surface area contributed by atoms with E-state index in [0.29, 0.717) is 6.42 Å². The zero-order valence-corrected chi connectivity index (χ0v) is 13.6. The third-order valence-corrected chi connectivity index (χ3v) is 4.95. The van der Waals surface area contributed by atoms with Crippen LogP contribution in [0.25, 0.3) is 0 Å². The molecule has 1 fully saturated rings. The van der Waals surface area contributed by atoms with Gasteiger partial charge in [0, 0.05) is 9.50 Å². The van der Waals surface area contributed by atoms with Gasteiger partial charge in [0.1, 0.15) is 0 Å². The van der Waals surface area contributed by atoms with Crippen LogP contribution in [0.15, 0.2) is 22.7 Å². The van der Waals surface area contributed by atoms with Gasteiger partial charge < -0.3 is 5.11 Å². The van der Waals surface area contributed by atoms with Crippen molar-refractivity contribution in [2.24, 2.45) is 5.92 Å². The monoisotopic (exact) mass is 344 g/mol. The Kier molecular flexibility index (Phi) is 6.18. The fourth-order valence-corrected chi connectivity index (χ4v) is 3.70. The fourth-order valence-electron chi connectivity index (χ4n) is 2.95. The van der Waals surface area contributed by atoms with Crippen LogP contribution in [0.2, 0.25) is 5.02 Å². The highest BCUT2D eigenvalue weighted by atomic mass is 79.9. The van der Waals surface area contributed by atoms with Gasteiger partial charge in [-0.25, -0.2) is 0 Å². The molecule has 1 aliphatic carbocycles. The number of aliphatic hydroxyl groups excluding tert-OH is 1. The molecule has 1 aromatic carbocycles. The molecule has 0 aliphatic heterocycles. The van der Waals surface area contributed by atoms with Crippen molar-refractivity contribution in [2.45, 2.75) is 57.5 Å². The summed E-state index contributed by atoms with van der Waals surface area (Å²) in [6.45, 7) is 0. The third-order valence-electron chi connectivity index (χ3n) is 4.10. The van der Waals surface area contributed by atoms with E-state index in [-0.39, 0.29) is 6.10 Å². The first kappa shape index (κ1) is 15.3. The first-order valence-electron chi connectivity index (χ1n) is 7.27. The molecule has 0 bridgehead atoms. The molecule has 1 N–H and O–H groups in total. The lowest BCUT2D eigenvalue weighted by Gasteiger charge is -2.22. The van der Waals surface area contributed by atoms with E-state index in [0.717, 1.165) is 33.8 Å². The number of hydrogen-bond donors (Lipinski definition) is 1. The van der Waals surface area contributed by atoms with Crippen molar-refractivity contribution < 1.29 is 5.11 Å². The first-order valence-corrected chi connectivity index (χ1v) is 8.44. The van der Waals surface area contributed by atoms with Crippen LogP contribution < -0.4 is 0 Å². The summed E-state index contributed by atoms with van der Waals surface area (Å²) < 4.78 is 0.984. The largest absolute Gasteiger partial charge is 0.393 e. The van der Waals surface area contributed by atoms with Gasteiger partial charge in [-0.05, 0) is 42.9 Å². The average Bonchev–Trinajstić information content (AvgIpc) is 2.41. The smallest absolute Gasteiger partial charge is 0.0581 e. The van der Waals surface area contributed by atoms with E-state index in [1.807, 2.05) is 18.2 Å². The molecule has 2 rings (SSSR count). The van der Waals surface area contributed by atoms with Crippen LogP contribution in [0.5, 0.6) is 0 Å². The number of rotatable bonds is 5. The molecule has 0 spiro atoms. The highest BCUT2D eigenvalue weighted by molar-refractivity contribution is 9.10. The summed E-state index contributed by atoms with van der Waals surface area (Å²) in [5.41, 5.74) is 1.04. The normalized spacial score (nSPS) is 18.5. The predicted octanol–water partition coefficient (Wildman–Crippen LogP) is 5.37. The quantitative estimate of drug-likeness (QED) is 0.761. The minimum Gasteiger partial charge on any atom is -0.393 e. The van der Waals surface area contributed by atoms with Crippen molar-refractivity contribution in [3.8, 4) is 0 Å². The molecular weight excluding hydrogens is 324 g/mol. The molecular formula is C16H22BrClO. The lowest BCUT2D eigenvalue weighted by molar-refractivity contribution is 0.149. The third kappa shape index (κ3) is 5.09. The Hall–Kier alpha value is -0.0500. The van der Waals surface area contributed by atoms with Gasteiger partial charge in [-0.2, -0.15) is 0 Å². The van der Waals surface area contributed by atoms with Gasteiger partial charge in [0.2, 0.25) is 0 Å². The van der Waals surface area contributed by atoms with Crippen molar-refractivity contribution >= 4 is 27.5 Å². The van der Waals surface area contributed by atoms with Gasteiger partial charge in [0.25, 0.3) is 0 Å². The van der Waals surface area contributed by atoms with Crippen LogP contribution in [0.4, 0.5) is 0 Å². The molecule has 0 radical (unpaired) electrons. The predicted molar refractivity (Wildman–Crippen MR) is 84.7 cm³/mol. The summed E-state index contributed by atoms with van der Waals surface area (Å²) in [7, 11) is 0. The minimum atomic E-state index is -0.263. The van der Waals surface area contributed by atoms with Gasteiger partial charge in [-0.1, -0.05) is 65.7 Å². The van der Waals surface area contributed by atoms with E-state index >= 15 is 0 Å². The Morgan fingerprint density at radius 1 is 1.26 bits per heavy atom. The van der Waals surface area contributed by atoms with Gasteiger partial charge >= 0.3 is 0 Å². The van der Waals surface area contributed by atoms with E-state index in [1.54, 1.807) is 0 Å². The molecule has 0 heterocycles. The topological polar surface area (TPSA) is 20.2 Å². The SMILES string of the molecule is OC(CCC1CCCCC1)Cc1ccc(Br)cc1Cl. The first-order chi connectivity index (χ1) is 9.15. The molecule has 0 saturated heterocycles. The van der Waals surface area contributed by atoms with Gasteiger partial charge in [-0.15, -0.1) is 0 Å². The second-order valence-corrected chi connectivity index (χ2v) is 7.00. The number of aliphatic hydroxyl groups is 1. The second kappa shape index (κ2) is 7.66. The average molecular weight is 346 g/mol. The van der Waals surface area contributed by atoms with Crippen LogP contribution in [0, 0.1) is 5.92 Å². The van der Waals surface area contributed by atoms with E-state index in [9.17, 15) is 5.11 Å². The highest BCUT2D eigenvalue weighted by Crippen LogP contribution is 2.29. The van der Waals surface area contributed by atoms with E-state index < -0.39 is 0 Å². The Balaban J connectivity index is 1.78. The maximum absolute atomic E-state index is 10.2. The summed E-state index contributed by atoms with van der Waals surface area (Å²) >= 11 is 9.58. The number of hydrogen-bond acceptors (Lipinski definition) is 1. The zero-order chi connectivity index (χ0) is 13.7. The maximum atomic E-state index is 10.2. The molecule has 1 aromatic rings. The van der Waals surface area contributed by atoms with E-state index in [4.69, 9.17) is 11.6 Å². The molecule has 1 atom stereocenters. The molecule has 19 heavy (non-hydrogen) atoms. The second-order valence-electron chi connectivity index (χ2n) is 5.68. The van der Waals surface area contributed by atoms with E-state index in [1.165, 1.54) is 32.1 Å². The van der Waals surface area contributed by atoms with Gasteiger partial charge in [0.05, 0.1) is 6.10 Å². The number of benzene rings is 1. The highest BCUT2D eigenvalue weighted by Gasteiger charge is 2.16. The van der Waals surface area contributed by atoms with Crippen LogP contribution in [0.1, 0.15) is 50.5 Å². The van der Waals surface area contributed by atoms with Gasteiger partial charge in [-0.3, -0.25) is 0 Å². The van der Waals surface area contributed by atoms with Crippen molar-refractivity contribution in [2.75, 3.05) is 0 Å². The summed E-state index contributed by atoms with van der Waals surface area (Å²) in [5.74, 6) is 0.837. The van der Waals surface area contributed by atoms with E-state index in [2.05, 4.69) is 15.9 Å². The van der Waals surface area contributed by atoms with Crippen molar-refractivity contribution in [1.29, 1.82) is 0 Å².